The predicted octanol–water partition coefficient (Wildman–Crippen LogP) is 3.32. The van der Waals surface area contributed by atoms with Gasteiger partial charge in [0.15, 0.2) is 0 Å². The molecule has 100 valence electrons. The van der Waals surface area contributed by atoms with Crippen LogP contribution < -0.4 is 10.1 Å². The van der Waals surface area contributed by atoms with E-state index in [9.17, 15) is 10.1 Å². The van der Waals surface area contributed by atoms with Crippen LogP contribution in [0.5, 0.6) is 5.75 Å². The van der Waals surface area contributed by atoms with Crippen LogP contribution in [-0.2, 0) is 6.42 Å². The van der Waals surface area contributed by atoms with E-state index in [-0.39, 0.29) is 5.69 Å². The van der Waals surface area contributed by atoms with Crippen molar-refractivity contribution in [3.8, 4) is 5.75 Å². The smallest absolute Gasteiger partial charge is 0.292 e. The first-order valence-electron chi connectivity index (χ1n) is 5.79. The van der Waals surface area contributed by atoms with Gasteiger partial charge in [-0.05, 0) is 23.9 Å². The number of thiophene rings is 1. The van der Waals surface area contributed by atoms with Crippen molar-refractivity contribution in [2.24, 2.45) is 0 Å². The molecule has 0 saturated carbocycles. The highest BCUT2D eigenvalue weighted by Gasteiger charge is 2.14. The van der Waals surface area contributed by atoms with Gasteiger partial charge in [-0.1, -0.05) is 6.07 Å². The second-order valence-corrected chi connectivity index (χ2v) is 4.93. The number of hydrogen-bond acceptors (Lipinski definition) is 5. The lowest BCUT2D eigenvalue weighted by molar-refractivity contribution is -0.384. The van der Waals surface area contributed by atoms with Crippen molar-refractivity contribution in [1.82, 2.24) is 0 Å². The summed E-state index contributed by atoms with van der Waals surface area (Å²) >= 11 is 1.68. The fourth-order valence-electron chi connectivity index (χ4n) is 1.72. The van der Waals surface area contributed by atoms with Crippen LogP contribution in [0.25, 0.3) is 0 Å². The number of rotatable bonds is 6. The number of hydrogen-bond donors (Lipinski definition) is 1. The summed E-state index contributed by atoms with van der Waals surface area (Å²) in [7, 11) is 1.54. The number of nitro benzene ring substituents is 1. The number of methoxy groups -OCH3 is 1. The van der Waals surface area contributed by atoms with E-state index < -0.39 is 4.92 Å². The van der Waals surface area contributed by atoms with Gasteiger partial charge >= 0.3 is 0 Å². The van der Waals surface area contributed by atoms with Gasteiger partial charge < -0.3 is 10.1 Å². The van der Waals surface area contributed by atoms with E-state index in [0.29, 0.717) is 18.0 Å². The topological polar surface area (TPSA) is 64.4 Å². The van der Waals surface area contributed by atoms with Gasteiger partial charge in [-0.3, -0.25) is 10.1 Å². The van der Waals surface area contributed by atoms with Gasteiger partial charge in [0.1, 0.15) is 11.4 Å². The molecule has 1 heterocycles. The number of ether oxygens (including phenoxy) is 1. The first-order chi connectivity index (χ1) is 9.20. The van der Waals surface area contributed by atoms with E-state index in [4.69, 9.17) is 4.74 Å². The van der Waals surface area contributed by atoms with Gasteiger partial charge in [-0.25, -0.2) is 0 Å². The molecule has 1 aromatic heterocycles. The molecule has 0 fully saturated rings. The molecule has 0 aliphatic rings. The van der Waals surface area contributed by atoms with Crippen LogP contribution in [0.2, 0.25) is 0 Å². The first-order valence-corrected chi connectivity index (χ1v) is 6.67. The summed E-state index contributed by atoms with van der Waals surface area (Å²) in [6, 6.07) is 8.72. The van der Waals surface area contributed by atoms with Crippen LogP contribution in [0.4, 0.5) is 11.4 Å². The highest BCUT2D eigenvalue weighted by atomic mass is 32.1. The zero-order chi connectivity index (χ0) is 13.7. The lowest BCUT2D eigenvalue weighted by Crippen LogP contribution is -2.06. The Hall–Kier alpha value is -2.08. The van der Waals surface area contributed by atoms with Gasteiger partial charge in [0.25, 0.3) is 5.69 Å². The van der Waals surface area contributed by atoms with E-state index in [1.165, 1.54) is 18.1 Å². The van der Waals surface area contributed by atoms with Crippen LogP contribution in [0.1, 0.15) is 4.88 Å². The summed E-state index contributed by atoms with van der Waals surface area (Å²) < 4.78 is 5.08. The standard InChI is InChI=1S/C13H14N2O3S/c1-18-10-4-5-13(15(16)17)12(9-10)14-7-6-11-3-2-8-19-11/h2-5,8-9,14H,6-7H2,1H3. The van der Waals surface area contributed by atoms with Crippen LogP contribution >= 0.6 is 11.3 Å². The van der Waals surface area contributed by atoms with Gasteiger partial charge in [0.05, 0.1) is 12.0 Å². The maximum absolute atomic E-state index is 10.9. The Labute approximate surface area is 115 Å². The average Bonchev–Trinajstić information content (AvgIpc) is 2.91. The molecule has 0 radical (unpaired) electrons. The molecule has 0 aliphatic carbocycles. The molecular formula is C13H14N2O3S. The molecule has 19 heavy (non-hydrogen) atoms. The van der Waals surface area contributed by atoms with Crippen molar-refractivity contribution >= 4 is 22.7 Å². The Kier molecular flexibility index (Phi) is 4.35. The third-order valence-electron chi connectivity index (χ3n) is 2.67. The van der Waals surface area contributed by atoms with E-state index in [2.05, 4.69) is 5.32 Å². The maximum Gasteiger partial charge on any atom is 0.292 e. The Morgan fingerprint density at radius 2 is 2.26 bits per heavy atom. The predicted molar refractivity (Wildman–Crippen MR) is 76.2 cm³/mol. The minimum absolute atomic E-state index is 0.0620. The van der Waals surface area contributed by atoms with Crippen molar-refractivity contribution in [3.05, 3.63) is 50.7 Å². The van der Waals surface area contributed by atoms with Gasteiger partial charge in [0.2, 0.25) is 0 Å². The van der Waals surface area contributed by atoms with Crippen LogP contribution in [0.3, 0.4) is 0 Å². The Morgan fingerprint density at radius 3 is 2.89 bits per heavy atom. The van der Waals surface area contributed by atoms with E-state index >= 15 is 0 Å². The molecule has 0 amide bonds. The quantitative estimate of drug-likeness (QED) is 0.650. The summed E-state index contributed by atoms with van der Waals surface area (Å²) in [5.41, 5.74) is 0.549. The molecule has 2 rings (SSSR count). The Bertz CT molecular complexity index is 555. The zero-order valence-electron chi connectivity index (χ0n) is 10.5. The maximum atomic E-state index is 10.9. The average molecular weight is 278 g/mol. The molecule has 0 unspecified atom stereocenters. The number of nitrogens with zero attached hydrogens (tertiary/aromatic N) is 1. The normalized spacial score (nSPS) is 10.2. The molecular weight excluding hydrogens is 264 g/mol. The highest BCUT2D eigenvalue weighted by molar-refractivity contribution is 7.09. The molecule has 5 nitrogen and oxygen atoms in total. The van der Waals surface area contributed by atoms with Gasteiger partial charge in [-0.2, -0.15) is 0 Å². The van der Waals surface area contributed by atoms with Crippen molar-refractivity contribution in [1.29, 1.82) is 0 Å². The second-order valence-electron chi connectivity index (χ2n) is 3.90. The molecule has 6 heteroatoms. The molecule has 1 aromatic carbocycles. The molecule has 0 aliphatic heterocycles. The van der Waals surface area contributed by atoms with Crippen molar-refractivity contribution in [3.63, 3.8) is 0 Å². The molecule has 2 aromatic rings. The van der Waals surface area contributed by atoms with Crippen LogP contribution in [-0.4, -0.2) is 18.6 Å². The SMILES string of the molecule is COc1ccc([N+](=O)[O-])c(NCCc2cccs2)c1. The minimum atomic E-state index is -0.396. The Morgan fingerprint density at radius 1 is 1.42 bits per heavy atom. The summed E-state index contributed by atoms with van der Waals surface area (Å²) in [5, 5.41) is 16.0. The molecule has 0 spiro atoms. The molecule has 0 bridgehead atoms. The third-order valence-corrected chi connectivity index (χ3v) is 3.60. The third kappa shape index (κ3) is 3.45. The lowest BCUT2D eigenvalue weighted by Gasteiger charge is -2.08. The summed E-state index contributed by atoms with van der Waals surface area (Å²) in [5.74, 6) is 0.601. The number of benzene rings is 1. The van der Waals surface area contributed by atoms with Crippen molar-refractivity contribution in [2.45, 2.75) is 6.42 Å². The number of nitrogens with one attached hydrogen (secondary N) is 1. The summed E-state index contributed by atoms with van der Waals surface area (Å²) in [4.78, 5) is 11.8. The fraction of sp³-hybridized carbons (Fsp3) is 0.231. The van der Waals surface area contributed by atoms with Gasteiger partial charge in [0, 0.05) is 23.6 Å². The van der Waals surface area contributed by atoms with Crippen molar-refractivity contribution in [2.75, 3.05) is 19.0 Å². The molecule has 1 N–H and O–H groups in total. The van der Waals surface area contributed by atoms with Crippen LogP contribution in [0, 0.1) is 10.1 Å². The summed E-state index contributed by atoms with van der Waals surface area (Å²) in [6.07, 6.45) is 0.839. The van der Waals surface area contributed by atoms with Crippen LogP contribution in [0.15, 0.2) is 35.7 Å². The van der Waals surface area contributed by atoms with E-state index in [0.717, 1.165) is 6.42 Å². The molecule has 0 atom stereocenters. The largest absolute Gasteiger partial charge is 0.497 e. The van der Waals surface area contributed by atoms with Crippen molar-refractivity contribution < 1.29 is 9.66 Å². The first kappa shape index (κ1) is 13.4. The lowest BCUT2D eigenvalue weighted by atomic mass is 10.2. The number of anilines is 1. The second kappa shape index (κ2) is 6.19. The zero-order valence-corrected chi connectivity index (χ0v) is 11.3. The Balaban J connectivity index is 2.06. The number of nitro groups is 1. The summed E-state index contributed by atoms with van der Waals surface area (Å²) in [6.45, 7) is 0.647. The highest BCUT2D eigenvalue weighted by Crippen LogP contribution is 2.28. The molecule has 0 saturated heterocycles. The van der Waals surface area contributed by atoms with Gasteiger partial charge in [-0.15, -0.1) is 11.3 Å². The van der Waals surface area contributed by atoms with E-state index in [1.807, 2.05) is 17.5 Å². The monoisotopic (exact) mass is 278 g/mol. The minimum Gasteiger partial charge on any atom is -0.497 e. The van der Waals surface area contributed by atoms with E-state index in [1.54, 1.807) is 23.5 Å². The fourth-order valence-corrected chi connectivity index (χ4v) is 2.43.